The van der Waals surface area contributed by atoms with Crippen LogP contribution < -0.4 is 0 Å². The molecule has 0 aromatic heterocycles. The quantitative estimate of drug-likeness (QED) is 0.257. The number of hydrogen-bond donors (Lipinski definition) is 0. The van der Waals surface area contributed by atoms with E-state index < -0.39 is 5.97 Å². The van der Waals surface area contributed by atoms with Gasteiger partial charge in [0.05, 0.1) is 13.0 Å². The van der Waals surface area contributed by atoms with Crippen molar-refractivity contribution in [2.45, 2.75) is 13.3 Å². The molecule has 68 valence electrons. The highest BCUT2D eigenvalue weighted by Gasteiger charge is 2.12. The largest absolute Gasteiger partial charge is 0.461 e. The molecule has 0 rings (SSSR count). The summed E-state index contributed by atoms with van der Waals surface area (Å²) in [5, 5.41) is 3.34. The SMILES string of the molecule is CCOC(=O)/C(CC=O)=N\OC. The summed E-state index contributed by atoms with van der Waals surface area (Å²) >= 11 is 0. The Morgan fingerprint density at radius 2 is 2.25 bits per heavy atom. The number of carbonyl (C=O) groups excluding carboxylic acids is 2. The summed E-state index contributed by atoms with van der Waals surface area (Å²) < 4.78 is 4.60. The minimum absolute atomic E-state index is 0.0191. The smallest absolute Gasteiger partial charge is 0.356 e. The van der Waals surface area contributed by atoms with Crippen molar-refractivity contribution < 1.29 is 19.2 Å². The monoisotopic (exact) mass is 173 g/mol. The summed E-state index contributed by atoms with van der Waals surface area (Å²) in [4.78, 5) is 25.3. The van der Waals surface area contributed by atoms with Gasteiger partial charge >= 0.3 is 5.97 Å². The van der Waals surface area contributed by atoms with Gasteiger partial charge in [-0.1, -0.05) is 5.16 Å². The molecule has 0 aliphatic carbocycles. The van der Waals surface area contributed by atoms with Gasteiger partial charge in [-0.15, -0.1) is 0 Å². The molecule has 0 aliphatic heterocycles. The van der Waals surface area contributed by atoms with E-state index in [9.17, 15) is 9.59 Å². The fraction of sp³-hybridized carbons (Fsp3) is 0.571. The van der Waals surface area contributed by atoms with Crippen LogP contribution in [0.3, 0.4) is 0 Å². The van der Waals surface area contributed by atoms with Crippen molar-refractivity contribution in [1.29, 1.82) is 0 Å². The molecule has 0 unspecified atom stereocenters. The number of ether oxygens (including phenoxy) is 1. The van der Waals surface area contributed by atoms with Crippen LogP contribution in [0.5, 0.6) is 0 Å². The Hall–Kier alpha value is -1.39. The lowest BCUT2D eigenvalue weighted by molar-refractivity contribution is -0.135. The van der Waals surface area contributed by atoms with E-state index in [-0.39, 0.29) is 18.7 Å². The van der Waals surface area contributed by atoms with E-state index in [0.717, 1.165) is 0 Å². The first-order valence-electron chi connectivity index (χ1n) is 3.47. The molecule has 0 amide bonds. The fourth-order valence-corrected chi connectivity index (χ4v) is 0.561. The van der Waals surface area contributed by atoms with Crippen molar-refractivity contribution in [1.82, 2.24) is 0 Å². The summed E-state index contributed by atoms with van der Waals surface area (Å²) in [5.41, 5.74) is -0.0191. The van der Waals surface area contributed by atoms with Crippen molar-refractivity contribution >= 4 is 18.0 Å². The van der Waals surface area contributed by atoms with Gasteiger partial charge in [-0.3, -0.25) is 0 Å². The van der Waals surface area contributed by atoms with Crippen LogP contribution in [0.15, 0.2) is 5.16 Å². The Labute approximate surface area is 70.3 Å². The maximum atomic E-state index is 10.9. The summed E-state index contributed by atoms with van der Waals surface area (Å²) in [6.07, 6.45) is 0.474. The Balaban J connectivity index is 4.18. The molecule has 5 heteroatoms. The Morgan fingerprint density at radius 1 is 1.58 bits per heavy atom. The molecule has 0 aliphatic rings. The molecule has 0 aromatic rings. The van der Waals surface area contributed by atoms with Crippen LogP contribution in [0.4, 0.5) is 0 Å². The minimum atomic E-state index is -0.619. The third-order valence-corrected chi connectivity index (χ3v) is 0.989. The number of hydrogen-bond acceptors (Lipinski definition) is 5. The lowest BCUT2D eigenvalue weighted by atomic mass is 10.3. The topological polar surface area (TPSA) is 65.0 Å². The van der Waals surface area contributed by atoms with E-state index in [1.807, 2.05) is 0 Å². The van der Waals surface area contributed by atoms with Crippen molar-refractivity contribution in [3.63, 3.8) is 0 Å². The van der Waals surface area contributed by atoms with Gasteiger partial charge in [0, 0.05) is 0 Å². The molecule has 0 N–H and O–H groups in total. The fourth-order valence-electron chi connectivity index (χ4n) is 0.561. The zero-order valence-corrected chi connectivity index (χ0v) is 7.07. The first kappa shape index (κ1) is 10.6. The molecular formula is C7H11NO4. The van der Waals surface area contributed by atoms with Crippen LogP contribution in [-0.2, 0) is 19.2 Å². The summed E-state index contributed by atoms with van der Waals surface area (Å²) in [7, 11) is 1.30. The third-order valence-electron chi connectivity index (χ3n) is 0.989. The molecule has 0 saturated heterocycles. The van der Waals surface area contributed by atoms with Crippen LogP contribution in [0, 0.1) is 0 Å². The van der Waals surface area contributed by atoms with Crippen LogP contribution in [0.2, 0.25) is 0 Å². The molecule has 0 fully saturated rings. The number of oxime groups is 1. The molecule has 0 atom stereocenters. The van der Waals surface area contributed by atoms with Crippen molar-refractivity contribution in [2.75, 3.05) is 13.7 Å². The maximum absolute atomic E-state index is 10.9. The maximum Gasteiger partial charge on any atom is 0.356 e. The first-order chi connectivity index (χ1) is 5.76. The average molecular weight is 173 g/mol. The van der Waals surface area contributed by atoms with Crippen molar-refractivity contribution in [3.8, 4) is 0 Å². The van der Waals surface area contributed by atoms with E-state index in [0.29, 0.717) is 6.29 Å². The lowest BCUT2D eigenvalue weighted by Crippen LogP contribution is -2.18. The number of nitrogens with zero attached hydrogens (tertiary/aromatic N) is 1. The zero-order chi connectivity index (χ0) is 9.40. The average Bonchev–Trinajstić information content (AvgIpc) is 2.04. The van der Waals surface area contributed by atoms with E-state index in [4.69, 9.17) is 0 Å². The molecule has 0 saturated carbocycles. The second-order valence-electron chi connectivity index (χ2n) is 1.81. The number of esters is 1. The molecule has 0 bridgehead atoms. The van der Waals surface area contributed by atoms with Gasteiger partial charge < -0.3 is 14.4 Å². The van der Waals surface area contributed by atoms with Crippen LogP contribution >= 0.6 is 0 Å². The highest BCUT2D eigenvalue weighted by Crippen LogP contribution is 1.90. The predicted octanol–water partition coefficient (Wildman–Crippen LogP) is 0.141. The molecule has 0 aromatic carbocycles. The van der Waals surface area contributed by atoms with Crippen molar-refractivity contribution in [2.24, 2.45) is 5.16 Å². The second kappa shape index (κ2) is 6.33. The van der Waals surface area contributed by atoms with E-state index >= 15 is 0 Å². The van der Waals surface area contributed by atoms with Crippen LogP contribution in [-0.4, -0.2) is 31.7 Å². The predicted molar refractivity (Wildman–Crippen MR) is 41.8 cm³/mol. The highest BCUT2D eigenvalue weighted by atomic mass is 16.6. The van der Waals surface area contributed by atoms with Gasteiger partial charge in [-0.2, -0.15) is 0 Å². The summed E-state index contributed by atoms with van der Waals surface area (Å²) in [6, 6.07) is 0. The Kier molecular flexibility index (Phi) is 5.60. The van der Waals surface area contributed by atoms with Gasteiger partial charge in [0.2, 0.25) is 0 Å². The van der Waals surface area contributed by atoms with Gasteiger partial charge in [-0.05, 0) is 6.92 Å². The molecule has 0 radical (unpaired) electrons. The van der Waals surface area contributed by atoms with Gasteiger partial charge in [0.1, 0.15) is 13.4 Å². The van der Waals surface area contributed by atoms with Crippen molar-refractivity contribution in [3.05, 3.63) is 0 Å². The Bertz CT molecular complexity index is 188. The molecule has 12 heavy (non-hydrogen) atoms. The van der Waals surface area contributed by atoms with Gasteiger partial charge in [0.25, 0.3) is 0 Å². The lowest BCUT2D eigenvalue weighted by Gasteiger charge is -2.00. The normalized spacial score (nSPS) is 10.7. The van der Waals surface area contributed by atoms with E-state index in [1.165, 1.54) is 7.11 Å². The minimum Gasteiger partial charge on any atom is -0.461 e. The molecule has 0 spiro atoms. The number of rotatable bonds is 5. The Morgan fingerprint density at radius 3 is 2.67 bits per heavy atom. The standard InChI is InChI=1S/C7H11NO4/c1-3-12-7(10)6(4-5-9)8-11-2/h5H,3-4H2,1-2H3/b8-6-. The van der Waals surface area contributed by atoms with E-state index in [1.54, 1.807) is 6.92 Å². The number of carbonyl (C=O) groups is 2. The molecule has 5 nitrogen and oxygen atoms in total. The van der Waals surface area contributed by atoms with Gasteiger partial charge in [0.15, 0.2) is 5.71 Å². The van der Waals surface area contributed by atoms with E-state index in [2.05, 4.69) is 14.7 Å². The molecule has 0 heterocycles. The zero-order valence-electron chi connectivity index (χ0n) is 7.07. The molecular weight excluding hydrogens is 162 g/mol. The second-order valence-corrected chi connectivity index (χ2v) is 1.81. The summed E-state index contributed by atoms with van der Waals surface area (Å²) in [5.74, 6) is -0.619. The van der Waals surface area contributed by atoms with Crippen LogP contribution in [0.1, 0.15) is 13.3 Å². The third kappa shape index (κ3) is 3.70. The number of aldehydes is 1. The summed E-state index contributed by atoms with van der Waals surface area (Å²) in [6.45, 7) is 1.92. The highest BCUT2D eigenvalue weighted by molar-refractivity contribution is 6.38. The van der Waals surface area contributed by atoms with Gasteiger partial charge in [-0.25, -0.2) is 4.79 Å². The van der Waals surface area contributed by atoms with Crippen LogP contribution in [0.25, 0.3) is 0 Å². The first-order valence-corrected chi connectivity index (χ1v) is 3.47.